The SMILES string of the molecule is CC/C=C\C/C=C\C/C=C\C/C=C\C/C=C\CCCCCCCCCCCC(=O)OC(COCCCCCCCCCCCCCCCCCCC)COC1OC(COC2OC(CO)C(O)C(O)C2O)C(O)C(O)C1O. The Kier molecular flexibility index (Phi) is 44.6. The Balaban J connectivity index is 1.69. The summed E-state index contributed by atoms with van der Waals surface area (Å²) >= 11 is 0. The fourth-order valence-corrected chi connectivity index (χ4v) is 9.43. The van der Waals surface area contributed by atoms with E-state index in [2.05, 4.69) is 74.6 Å². The number of rotatable bonds is 49. The van der Waals surface area contributed by atoms with Crippen LogP contribution < -0.4 is 0 Å². The molecule has 14 nitrogen and oxygen atoms in total. The molecule has 0 amide bonds. The molecule has 0 spiro atoms. The second kappa shape index (κ2) is 48.6. The van der Waals surface area contributed by atoms with Crippen LogP contribution in [0.25, 0.3) is 0 Å². The van der Waals surface area contributed by atoms with Crippen LogP contribution in [-0.2, 0) is 33.2 Å². The molecule has 0 aromatic carbocycles. The first-order chi connectivity index (χ1) is 37.1. The Morgan fingerprint density at radius 3 is 1.34 bits per heavy atom. The molecule has 0 aliphatic carbocycles. The number of carbonyl (C=O) groups excluding carboxylic acids is 1. The van der Waals surface area contributed by atoms with Crippen molar-refractivity contribution in [2.75, 3.05) is 33.0 Å². The Hall–Kier alpha value is -2.31. The van der Waals surface area contributed by atoms with E-state index >= 15 is 0 Å². The van der Waals surface area contributed by atoms with Gasteiger partial charge in [0.25, 0.3) is 0 Å². The highest BCUT2D eigenvalue weighted by molar-refractivity contribution is 5.69. The maximum Gasteiger partial charge on any atom is 0.306 e. The number of esters is 1. The highest BCUT2D eigenvalue weighted by Gasteiger charge is 2.47. The summed E-state index contributed by atoms with van der Waals surface area (Å²) in [6, 6.07) is 0. The molecule has 2 fully saturated rings. The van der Waals surface area contributed by atoms with Gasteiger partial charge in [-0.3, -0.25) is 4.79 Å². The molecular formula is C62H110O14. The largest absolute Gasteiger partial charge is 0.457 e. The van der Waals surface area contributed by atoms with Crippen molar-refractivity contribution >= 4 is 5.97 Å². The first-order valence-corrected chi connectivity index (χ1v) is 30.4. The molecule has 0 radical (unpaired) electrons. The van der Waals surface area contributed by atoms with E-state index in [0.717, 1.165) is 77.0 Å². The van der Waals surface area contributed by atoms with Crippen LogP contribution in [0.2, 0.25) is 0 Å². The summed E-state index contributed by atoms with van der Waals surface area (Å²) in [6.45, 7) is 3.60. The van der Waals surface area contributed by atoms with Crippen LogP contribution in [0.5, 0.6) is 0 Å². The van der Waals surface area contributed by atoms with Gasteiger partial charge < -0.3 is 64.2 Å². The van der Waals surface area contributed by atoms with E-state index in [-0.39, 0.29) is 25.6 Å². The Labute approximate surface area is 460 Å². The van der Waals surface area contributed by atoms with Gasteiger partial charge in [-0.25, -0.2) is 0 Å². The van der Waals surface area contributed by atoms with Crippen molar-refractivity contribution in [2.45, 2.75) is 293 Å². The van der Waals surface area contributed by atoms with Crippen molar-refractivity contribution < 1.29 is 69.0 Å². The van der Waals surface area contributed by atoms with E-state index in [1.54, 1.807) is 0 Å². The van der Waals surface area contributed by atoms with Crippen molar-refractivity contribution in [3.8, 4) is 0 Å². The van der Waals surface area contributed by atoms with E-state index in [1.807, 2.05) is 0 Å². The van der Waals surface area contributed by atoms with Gasteiger partial charge in [-0.05, 0) is 57.8 Å². The second-order valence-corrected chi connectivity index (χ2v) is 21.2. The first-order valence-electron chi connectivity index (χ1n) is 30.4. The lowest BCUT2D eigenvalue weighted by atomic mass is 9.98. The predicted molar refractivity (Wildman–Crippen MR) is 302 cm³/mol. The Bertz CT molecular complexity index is 1490. The zero-order valence-corrected chi connectivity index (χ0v) is 47.5. The molecule has 2 aliphatic rings. The lowest BCUT2D eigenvalue weighted by Gasteiger charge is -2.42. The van der Waals surface area contributed by atoms with E-state index < -0.39 is 80.7 Å². The van der Waals surface area contributed by atoms with Gasteiger partial charge in [0.1, 0.15) is 54.9 Å². The van der Waals surface area contributed by atoms with Crippen molar-refractivity contribution in [1.29, 1.82) is 0 Å². The number of hydrogen-bond acceptors (Lipinski definition) is 14. The summed E-state index contributed by atoms with van der Waals surface area (Å²) in [5, 5.41) is 72.4. The summed E-state index contributed by atoms with van der Waals surface area (Å²) in [5.74, 6) is -0.381. The lowest BCUT2D eigenvalue weighted by molar-refractivity contribution is -0.332. The van der Waals surface area contributed by atoms with Gasteiger partial charge in [-0.15, -0.1) is 0 Å². The number of unbranched alkanes of at least 4 members (excludes halogenated alkanes) is 25. The molecule has 11 unspecified atom stereocenters. The first kappa shape index (κ1) is 69.8. The molecule has 7 N–H and O–H groups in total. The molecule has 11 atom stereocenters. The minimum Gasteiger partial charge on any atom is -0.457 e. The van der Waals surface area contributed by atoms with Crippen LogP contribution in [0.1, 0.15) is 226 Å². The fraction of sp³-hybridized carbons (Fsp3) is 0.823. The summed E-state index contributed by atoms with van der Waals surface area (Å²) in [6.07, 6.45) is 44.2. The van der Waals surface area contributed by atoms with Crippen LogP contribution in [-0.4, -0.2) is 142 Å². The summed E-state index contributed by atoms with van der Waals surface area (Å²) in [5.41, 5.74) is 0. The number of carbonyl (C=O) groups is 1. The standard InChI is InChI=1S/C62H110O14/c1-3-5-7-9-11-13-15-17-19-21-22-23-24-25-26-27-28-29-31-33-35-37-39-41-43-45-54(64)74-51(48-71-46-44-42-40-38-36-34-32-30-20-18-16-14-12-10-8-6-4-2)49-72-61-60(70)58(68)56(66)53(76-61)50-73-62-59(69)57(67)55(65)52(47-63)75-62/h5,7,11,13,17,19,22-23,25-26,51-53,55-63,65-70H,3-4,6,8-10,12,14-16,18,20-21,24,27-50H2,1-2H3/b7-5-,13-11-,19-17-,23-22-,26-25-. The highest BCUT2D eigenvalue weighted by atomic mass is 16.7. The summed E-state index contributed by atoms with van der Waals surface area (Å²) in [7, 11) is 0. The van der Waals surface area contributed by atoms with Gasteiger partial charge in [0.2, 0.25) is 0 Å². The monoisotopic (exact) mass is 1080 g/mol. The topological polar surface area (TPSA) is 214 Å². The smallest absolute Gasteiger partial charge is 0.306 e. The van der Waals surface area contributed by atoms with Gasteiger partial charge in [-0.2, -0.15) is 0 Å². The molecule has 0 aromatic rings. The third-order valence-electron chi connectivity index (χ3n) is 14.3. The van der Waals surface area contributed by atoms with Crippen molar-refractivity contribution in [1.82, 2.24) is 0 Å². The lowest BCUT2D eigenvalue weighted by Crippen LogP contribution is -2.61. The normalized spacial score (nSPS) is 24.9. The maximum atomic E-state index is 13.1. The molecule has 14 heteroatoms. The minimum atomic E-state index is -1.71. The predicted octanol–water partition coefficient (Wildman–Crippen LogP) is 11.2. The van der Waals surface area contributed by atoms with E-state index in [4.69, 9.17) is 28.4 Å². The van der Waals surface area contributed by atoms with Gasteiger partial charge >= 0.3 is 5.97 Å². The molecule has 0 aromatic heterocycles. The number of hydrogen-bond donors (Lipinski definition) is 7. The van der Waals surface area contributed by atoms with Gasteiger partial charge in [0.15, 0.2) is 12.6 Å². The van der Waals surface area contributed by atoms with Crippen LogP contribution in [0.15, 0.2) is 60.8 Å². The molecular weight excluding hydrogens is 969 g/mol. The van der Waals surface area contributed by atoms with E-state index in [9.17, 15) is 40.5 Å². The van der Waals surface area contributed by atoms with Gasteiger partial charge in [0.05, 0.1) is 26.4 Å². The molecule has 2 heterocycles. The summed E-state index contributed by atoms with van der Waals surface area (Å²) < 4.78 is 34.4. The molecule has 2 rings (SSSR count). The summed E-state index contributed by atoms with van der Waals surface area (Å²) in [4.78, 5) is 13.1. The quantitative estimate of drug-likeness (QED) is 0.0172. The third kappa shape index (κ3) is 34.6. The molecule has 76 heavy (non-hydrogen) atoms. The van der Waals surface area contributed by atoms with Crippen molar-refractivity contribution in [2.24, 2.45) is 0 Å². The maximum absolute atomic E-state index is 13.1. The average molecular weight is 1080 g/mol. The zero-order valence-electron chi connectivity index (χ0n) is 47.5. The molecule has 2 aliphatic heterocycles. The minimum absolute atomic E-state index is 0.0601. The Morgan fingerprint density at radius 2 is 0.855 bits per heavy atom. The highest BCUT2D eigenvalue weighted by Crippen LogP contribution is 2.27. The van der Waals surface area contributed by atoms with Crippen LogP contribution in [0.3, 0.4) is 0 Å². The zero-order chi connectivity index (χ0) is 55.1. The van der Waals surface area contributed by atoms with Gasteiger partial charge in [-0.1, -0.05) is 222 Å². The van der Waals surface area contributed by atoms with Crippen molar-refractivity contribution in [3.05, 3.63) is 60.8 Å². The van der Waals surface area contributed by atoms with Crippen LogP contribution in [0, 0.1) is 0 Å². The molecule has 442 valence electrons. The second-order valence-electron chi connectivity index (χ2n) is 21.2. The third-order valence-corrected chi connectivity index (χ3v) is 14.3. The Morgan fingerprint density at radius 1 is 0.447 bits per heavy atom. The van der Waals surface area contributed by atoms with E-state index in [1.165, 1.54) is 122 Å². The number of aliphatic hydroxyl groups is 7. The fourth-order valence-electron chi connectivity index (χ4n) is 9.43. The van der Waals surface area contributed by atoms with E-state index in [0.29, 0.717) is 13.0 Å². The van der Waals surface area contributed by atoms with Crippen LogP contribution in [0.4, 0.5) is 0 Å². The van der Waals surface area contributed by atoms with Crippen molar-refractivity contribution in [3.63, 3.8) is 0 Å². The molecule has 0 bridgehead atoms. The average Bonchev–Trinajstić information content (AvgIpc) is 3.42. The molecule has 2 saturated heterocycles. The number of aliphatic hydroxyl groups excluding tert-OH is 7. The number of ether oxygens (including phenoxy) is 6. The molecule has 0 saturated carbocycles. The number of allylic oxidation sites excluding steroid dienone is 10. The van der Waals surface area contributed by atoms with Crippen LogP contribution >= 0.6 is 0 Å². The van der Waals surface area contributed by atoms with Gasteiger partial charge in [0, 0.05) is 13.0 Å².